The Bertz CT molecular complexity index is 136. The fourth-order valence-corrected chi connectivity index (χ4v) is 1.50. The Morgan fingerprint density at radius 1 is 1.55 bits per heavy atom. The molecule has 2 fully saturated rings. The lowest BCUT2D eigenvalue weighted by atomic mass is 10.2. The first-order valence-electron chi connectivity index (χ1n) is 4.61. The minimum Gasteiger partial charge on any atom is -0.359 e. The van der Waals surface area contributed by atoms with Gasteiger partial charge in [-0.05, 0) is 38.5 Å². The van der Waals surface area contributed by atoms with Gasteiger partial charge < -0.3 is 4.74 Å². The summed E-state index contributed by atoms with van der Waals surface area (Å²) in [5, 5.41) is 4.45. The zero-order valence-electron chi connectivity index (χ0n) is 7.18. The molecule has 2 heteroatoms. The summed E-state index contributed by atoms with van der Waals surface area (Å²) in [6, 6.07) is 0. The molecule has 1 aliphatic carbocycles. The molecule has 1 saturated heterocycles. The average Bonchev–Trinajstić information content (AvgIpc) is 2.73. The Kier molecular flexibility index (Phi) is 1.90. The van der Waals surface area contributed by atoms with E-state index in [0.717, 1.165) is 25.5 Å². The molecule has 1 saturated carbocycles. The monoisotopic (exact) mass is 154 g/mol. The molecule has 1 radical (unpaired) electrons. The van der Waals surface area contributed by atoms with Gasteiger partial charge in [-0.2, -0.15) is 0 Å². The fraction of sp³-hybridized carbons (Fsp3) is 1.00. The van der Waals surface area contributed by atoms with E-state index < -0.39 is 0 Å². The summed E-state index contributed by atoms with van der Waals surface area (Å²) in [5.74, 6) is 0.864. The van der Waals surface area contributed by atoms with Gasteiger partial charge in [-0.1, -0.05) is 0 Å². The van der Waals surface area contributed by atoms with E-state index in [-0.39, 0.29) is 5.72 Å². The maximum Gasteiger partial charge on any atom is 0.131 e. The van der Waals surface area contributed by atoms with Crippen molar-refractivity contribution >= 4 is 0 Å². The third kappa shape index (κ3) is 1.94. The second-order valence-electron chi connectivity index (χ2n) is 3.91. The van der Waals surface area contributed by atoms with Crippen LogP contribution in [0.2, 0.25) is 0 Å². The van der Waals surface area contributed by atoms with Crippen molar-refractivity contribution < 1.29 is 4.74 Å². The molecule has 0 N–H and O–H groups in total. The number of rotatable bonds is 3. The van der Waals surface area contributed by atoms with Crippen LogP contribution in [-0.4, -0.2) is 18.9 Å². The van der Waals surface area contributed by atoms with Crippen molar-refractivity contribution in [2.24, 2.45) is 5.92 Å². The molecule has 2 rings (SSSR count). The highest BCUT2D eigenvalue weighted by atomic mass is 16.5. The molecule has 1 unspecified atom stereocenters. The summed E-state index contributed by atoms with van der Waals surface area (Å²) in [5.41, 5.74) is -0.109. The highest BCUT2D eigenvalue weighted by Crippen LogP contribution is 2.32. The zero-order valence-corrected chi connectivity index (χ0v) is 7.18. The van der Waals surface area contributed by atoms with Gasteiger partial charge >= 0.3 is 0 Å². The molecule has 63 valence electrons. The summed E-state index contributed by atoms with van der Waals surface area (Å²) < 4.78 is 5.75. The average molecular weight is 154 g/mol. The second-order valence-corrected chi connectivity index (χ2v) is 3.91. The molecule has 0 spiro atoms. The van der Waals surface area contributed by atoms with E-state index in [1.165, 1.54) is 19.3 Å². The van der Waals surface area contributed by atoms with E-state index in [1.807, 2.05) is 0 Å². The van der Waals surface area contributed by atoms with Crippen LogP contribution in [0.25, 0.3) is 0 Å². The summed E-state index contributed by atoms with van der Waals surface area (Å²) in [7, 11) is 0. The van der Waals surface area contributed by atoms with Crippen molar-refractivity contribution in [2.75, 3.05) is 13.2 Å². The van der Waals surface area contributed by atoms with Crippen molar-refractivity contribution in [3.63, 3.8) is 0 Å². The summed E-state index contributed by atoms with van der Waals surface area (Å²) in [6.45, 7) is 4.06. The molecule has 0 bridgehead atoms. The number of hydrogen-bond acceptors (Lipinski definition) is 1. The van der Waals surface area contributed by atoms with Gasteiger partial charge in [0.1, 0.15) is 5.72 Å². The van der Waals surface area contributed by atoms with Crippen molar-refractivity contribution in [3.05, 3.63) is 0 Å². The standard InChI is InChI=1S/C9H16NO/c1-9(5-2-6-10-9)11-7-8-3-4-8/h8H,2-7H2,1H3. The molecule has 1 aliphatic heterocycles. The van der Waals surface area contributed by atoms with Gasteiger partial charge in [0.2, 0.25) is 0 Å². The summed E-state index contributed by atoms with van der Waals surface area (Å²) >= 11 is 0. The molecule has 1 heterocycles. The molecule has 11 heavy (non-hydrogen) atoms. The molecule has 0 amide bonds. The van der Waals surface area contributed by atoms with Crippen LogP contribution >= 0.6 is 0 Å². The highest BCUT2D eigenvalue weighted by molar-refractivity contribution is 4.81. The molecular formula is C9H16NO. The van der Waals surface area contributed by atoms with E-state index in [0.29, 0.717) is 0 Å². The van der Waals surface area contributed by atoms with E-state index in [4.69, 9.17) is 4.74 Å². The number of ether oxygens (including phenoxy) is 1. The lowest BCUT2D eigenvalue weighted by Crippen LogP contribution is -2.34. The molecule has 0 aromatic rings. The first-order valence-corrected chi connectivity index (χ1v) is 4.61. The Morgan fingerprint density at radius 2 is 2.36 bits per heavy atom. The van der Waals surface area contributed by atoms with Crippen LogP contribution in [0.3, 0.4) is 0 Å². The first kappa shape index (κ1) is 7.56. The molecule has 2 nitrogen and oxygen atoms in total. The largest absolute Gasteiger partial charge is 0.359 e. The van der Waals surface area contributed by atoms with Crippen molar-refractivity contribution in [1.29, 1.82) is 0 Å². The van der Waals surface area contributed by atoms with Gasteiger partial charge in [0.15, 0.2) is 0 Å². The second kappa shape index (κ2) is 2.76. The third-order valence-electron chi connectivity index (χ3n) is 2.57. The Labute approximate surface area is 68.3 Å². The van der Waals surface area contributed by atoms with Gasteiger partial charge in [0.05, 0.1) is 6.61 Å². The van der Waals surface area contributed by atoms with Crippen LogP contribution in [0.4, 0.5) is 0 Å². The van der Waals surface area contributed by atoms with E-state index in [2.05, 4.69) is 12.2 Å². The zero-order chi connectivity index (χ0) is 7.73. The van der Waals surface area contributed by atoms with Crippen LogP contribution in [0.15, 0.2) is 0 Å². The predicted molar refractivity (Wildman–Crippen MR) is 43.3 cm³/mol. The van der Waals surface area contributed by atoms with Crippen molar-refractivity contribution in [3.8, 4) is 0 Å². The maximum atomic E-state index is 5.75. The van der Waals surface area contributed by atoms with Crippen LogP contribution in [-0.2, 0) is 4.74 Å². The Balaban J connectivity index is 1.73. The number of nitrogens with zero attached hydrogens (tertiary/aromatic N) is 1. The van der Waals surface area contributed by atoms with E-state index in [1.54, 1.807) is 0 Å². The molecule has 1 atom stereocenters. The molecule has 2 aliphatic rings. The van der Waals surface area contributed by atoms with Crippen molar-refractivity contribution in [1.82, 2.24) is 5.32 Å². The van der Waals surface area contributed by atoms with Gasteiger partial charge in [0.25, 0.3) is 0 Å². The van der Waals surface area contributed by atoms with Gasteiger partial charge in [-0.3, -0.25) is 0 Å². The van der Waals surface area contributed by atoms with Crippen molar-refractivity contribution in [2.45, 2.75) is 38.3 Å². The summed E-state index contributed by atoms with van der Waals surface area (Å²) in [6.07, 6.45) is 5.08. The Hall–Kier alpha value is -0.0800. The van der Waals surface area contributed by atoms with Gasteiger partial charge in [-0.15, -0.1) is 0 Å². The predicted octanol–water partition coefficient (Wildman–Crippen LogP) is 1.53. The third-order valence-corrected chi connectivity index (χ3v) is 2.57. The SMILES string of the molecule is CC1(OCC2CC2)CCC[N]1. The minimum atomic E-state index is -0.109. The molecule has 0 aromatic carbocycles. The summed E-state index contributed by atoms with van der Waals surface area (Å²) in [4.78, 5) is 0. The fourth-order valence-electron chi connectivity index (χ4n) is 1.50. The van der Waals surface area contributed by atoms with Crippen LogP contribution in [0.1, 0.15) is 32.6 Å². The van der Waals surface area contributed by atoms with Gasteiger partial charge in [-0.25, -0.2) is 5.32 Å². The van der Waals surface area contributed by atoms with E-state index in [9.17, 15) is 0 Å². The van der Waals surface area contributed by atoms with Crippen LogP contribution in [0.5, 0.6) is 0 Å². The molecular weight excluding hydrogens is 138 g/mol. The topological polar surface area (TPSA) is 23.3 Å². The molecule has 0 aromatic heterocycles. The first-order chi connectivity index (χ1) is 5.29. The lowest BCUT2D eigenvalue weighted by molar-refractivity contribution is -0.0505. The Morgan fingerprint density at radius 3 is 2.91 bits per heavy atom. The maximum absolute atomic E-state index is 5.75. The van der Waals surface area contributed by atoms with Gasteiger partial charge in [0, 0.05) is 6.54 Å². The van der Waals surface area contributed by atoms with Crippen LogP contribution < -0.4 is 5.32 Å². The quantitative estimate of drug-likeness (QED) is 0.604. The lowest BCUT2D eigenvalue weighted by Gasteiger charge is -2.23. The van der Waals surface area contributed by atoms with E-state index >= 15 is 0 Å². The van der Waals surface area contributed by atoms with Crippen LogP contribution in [0, 0.1) is 5.92 Å². The minimum absolute atomic E-state index is 0.109. The smallest absolute Gasteiger partial charge is 0.131 e. The normalized spacial score (nSPS) is 37.9. The highest BCUT2D eigenvalue weighted by Gasteiger charge is 2.32. The number of hydrogen-bond donors (Lipinski definition) is 0.